The fourth-order valence-electron chi connectivity index (χ4n) is 1.86. The molecule has 2 aromatic rings. The lowest BCUT2D eigenvalue weighted by Crippen LogP contribution is -2.06. The molecular formula is C11H11N3O. The third kappa shape index (κ3) is 1.25. The van der Waals surface area contributed by atoms with Gasteiger partial charge in [0.05, 0.1) is 0 Å². The maximum Gasteiger partial charge on any atom is 0.195 e. The van der Waals surface area contributed by atoms with E-state index < -0.39 is 0 Å². The van der Waals surface area contributed by atoms with Crippen molar-refractivity contribution >= 4 is 16.9 Å². The van der Waals surface area contributed by atoms with Crippen molar-refractivity contribution < 1.29 is 4.79 Å². The van der Waals surface area contributed by atoms with Crippen LogP contribution in [0.2, 0.25) is 0 Å². The molecule has 2 heterocycles. The van der Waals surface area contributed by atoms with Crippen molar-refractivity contribution in [1.29, 1.82) is 0 Å². The molecule has 0 N–H and O–H groups in total. The van der Waals surface area contributed by atoms with E-state index in [1.54, 1.807) is 13.1 Å². The molecular weight excluding hydrogens is 190 g/mol. The summed E-state index contributed by atoms with van der Waals surface area (Å²) in [6.07, 6.45) is 4.00. The predicted molar refractivity (Wildman–Crippen MR) is 55.8 cm³/mol. The summed E-state index contributed by atoms with van der Waals surface area (Å²) >= 11 is 0. The normalized spacial score (nSPS) is 15.8. The summed E-state index contributed by atoms with van der Waals surface area (Å²) in [6.45, 7) is 1.56. The van der Waals surface area contributed by atoms with E-state index in [2.05, 4.69) is 9.97 Å². The number of carbonyl (C=O) groups excluding carboxylic acids is 1. The first kappa shape index (κ1) is 8.59. The lowest BCUT2D eigenvalue weighted by Gasteiger charge is -2.02. The molecule has 0 saturated heterocycles. The Morgan fingerprint density at radius 1 is 1.53 bits per heavy atom. The Morgan fingerprint density at radius 3 is 3.00 bits per heavy atom. The number of imidazole rings is 1. The molecule has 0 amide bonds. The zero-order valence-electron chi connectivity index (χ0n) is 8.47. The van der Waals surface area contributed by atoms with Gasteiger partial charge >= 0.3 is 0 Å². The van der Waals surface area contributed by atoms with Crippen molar-refractivity contribution in [3.63, 3.8) is 0 Å². The number of hydrogen-bond acceptors (Lipinski definition) is 3. The Labute approximate surface area is 87.0 Å². The van der Waals surface area contributed by atoms with Crippen LogP contribution in [-0.4, -0.2) is 20.3 Å². The molecule has 0 spiro atoms. The molecule has 1 aliphatic rings. The molecule has 3 rings (SSSR count). The van der Waals surface area contributed by atoms with E-state index in [0.29, 0.717) is 11.9 Å². The van der Waals surface area contributed by atoms with Gasteiger partial charge < -0.3 is 4.57 Å². The highest BCUT2D eigenvalue weighted by molar-refractivity contribution is 5.94. The summed E-state index contributed by atoms with van der Waals surface area (Å²) < 4.78 is 1.98. The molecule has 0 aliphatic heterocycles. The van der Waals surface area contributed by atoms with Crippen LogP contribution in [0.5, 0.6) is 0 Å². The third-order valence-corrected chi connectivity index (χ3v) is 2.68. The Balaban J connectivity index is 2.33. The average Bonchev–Trinajstić information content (AvgIpc) is 2.98. The van der Waals surface area contributed by atoms with E-state index in [9.17, 15) is 4.79 Å². The second-order valence-corrected chi connectivity index (χ2v) is 3.94. The first-order valence-corrected chi connectivity index (χ1v) is 5.11. The van der Waals surface area contributed by atoms with Gasteiger partial charge in [-0.25, -0.2) is 9.97 Å². The van der Waals surface area contributed by atoms with Crippen molar-refractivity contribution in [1.82, 2.24) is 14.5 Å². The zero-order chi connectivity index (χ0) is 10.4. The molecule has 4 heteroatoms. The minimum absolute atomic E-state index is 0.0138. The number of nitrogens with zero attached hydrogens (tertiary/aromatic N) is 3. The van der Waals surface area contributed by atoms with Crippen LogP contribution in [0.3, 0.4) is 0 Å². The highest BCUT2D eigenvalue weighted by Gasteiger charge is 2.29. The first-order valence-electron chi connectivity index (χ1n) is 5.11. The van der Waals surface area contributed by atoms with Gasteiger partial charge in [-0.15, -0.1) is 0 Å². The highest BCUT2D eigenvalue weighted by Crippen LogP contribution is 2.38. The molecule has 1 aliphatic carbocycles. The van der Waals surface area contributed by atoms with Crippen LogP contribution < -0.4 is 0 Å². The number of fused-ring (bicyclic) bond motifs is 1. The van der Waals surface area contributed by atoms with Crippen LogP contribution in [0.15, 0.2) is 18.3 Å². The zero-order valence-corrected chi connectivity index (χ0v) is 8.47. The largest absolute Gasteiger partial charge is 0.303 e. The van der Waals surface area contributed by atoms with Crippen LogP contribution in [0, 0.1) is 0 Å². The second-order valence-electron chi connectivity index (χ2n) is 3.94. The number of carbonyl (C=O) groups is 1. The van der Waals surface area contributed by atoms with Gasteiger partial charge in [0.25, 0.3) is 0 Å². The summed E-state index contributed by atoms with van der Waals surface area (Å²) in [5.74, 6) is 0.561. The molecule has 15 heavy (non-hydrogen) atoms. The fourth-order valence-corrected chi connectivity index (χ4v) is 1.86. The van der Waals surface area contributed by atoms with Crippen LogP contribution in [0.1, 0.15) is 36.4 Å². The summed E-state index contributed by atoms with van der Waals surface area (Å²) in [5.41, 5.74) is 1.65. The third-order valence-electron chi connectivity index (χ3n) is 2.68. The average molecular weight is 201 g/mol. The predicted octanol–water partition coefficient (Wildman–Crippen LogP) is 1.97. The lowest BCUT2D eigenvalue weighted by atomic mass is 10.4. The van der Waals surface area contributed by atoms with Crippen LogP contribution >= 0.6 is 0 Å². The van der Waals surface area contributed by atoms with Crippen LogP contribution in [-0.2, 0) is 0 Å². The maximum atomic E-state index is 11.5. The number of hydrogen-bond donors (Lipinski definition) is 0. The van der Waals surface area contributed by atoms with Gasteiger partial charge in [-0.2, -0.15) is 0 Å². The van der Waals surface area contributed by atoms with Crippen molar-refractivity contribution in [2.75, 3.05) is 0 Å². The maximum absolute atomic E-state index is 11.5. The number of ketones is 1. The fraction of sp³-hybridized carbons (Fsp3) is 0.364. The van der Waals surface area contributed by atoms with E-state index >= 15 is 0 Å². The molecule has 0 radical (unpaired) electrons. The number of aromatic nitrogens is 3. The molecule has 0 atom stereocenters. The SMILES string of the molecule is CC(=O)c1nc2cccnc2n1C1CC1. The molecule has 76 valence electrons. The molecule has 4 nitrogen and oxygen atoms in total. The molecule has 2 aromatic heterocycles. The van der Waals surface area contributed by atoms with Gasteiger partial charge in [0.2, 0.25) is 0 Å². The van der Waals surface area contributed by atoms with Crippen LogP contribution in [0.25, 0.3) is 11.2 Å². The van der Waals surface area contributed by atoms with Crippen LogP contribution in [0.4, 0.5) is 0 Å². The van der Waals surface area contributed by atoms with E-state index in [1.807, 2.05) is 16.7 Å². The minimum Gasteiger partial charge on any atom is -0.303 e. The van der Waals surface area contributed by atoms with Gasteiger partial charge in [-0.05, 0) is 25.0 Å². The number of Topliss-reactive ketones (excluding diaryl/α,β-unsaturated/α-hetero) is 1. The molecule has 1 fully saturated rings. The van der Waals surface area contributed by atoms with E-state index in [4.69, 9.17) is 0 Å². The van der Waals surface area contributed by atoms with Gasteiger partial charge in [0.15, 0.2) is 17.3 Å². The summed E-state index contributed by atoms with van der Waals surface area (Å²) in [5, 5.41) is 0. The quantitative estimate of drug-likeness (QED) is 0.698. The standard InChI is InChI=1S/C11H11N3O/c1-7(15)10-13-9-3-2-6-12-11(9)14(10)8-4-5-8/h2-3,6,8H,4-5H2,1H3. The molecule has 0 bridgehead atoms. The Hall–Kier alpha value is -1.71. The first-order chi connectivity index (χ1) is 7.27. The van der Waals surface area contributed by atoms with Gasteiger partial charge in [0.1, 0.15) is 5.52 Å². The van der Waals surface area contributed by atoms with Gasteiger partial charge in [-0.3, -0.25) is 4.79 Å². The van der Waals surface area contributed by atoms with Crippen molar-refractivity contribution in [3.8, 4) is 0 Å². The Bertz CT molecular complexity index is 540. The summed E-state index contributed by atoms with van der Waals surface area (Å²) in [4.78, 5) is 20.1. The Morgan fingerprint density at radius 2 is 2.33 bits per heavy atom. The molecule has 0 aromatic carbocycles. The van der Waals surface area contributed by atoms with Gasteiger partial charge in [-0.1, -0.05) is 0 Å². The van der Waals surface area contributed by atoms with E-state index in [-0.39, 0.29) is 5.78 Å². The molecule has 0 unspecified atom stereocenters. The number of pyridine rings is 1. The van der Waals surface area contributed by atoms with E-state index in [0.717, 1.165) is 24.0 Å². The topological polar surface area (TPSA) is 47.8 Å². The summed E-state index contributed by atoms with van der Waals surface area (Å²) in [6, 6.07) is 4.17. The monoisotopic (exact) mass is 201 g/mol. The smallest absolute Gasteiger partial charge is 0.195 e. The van der Waals surface area contributed by atoms with Crippen molar-refractivity contribution in [3.05, 3.63) is 24.2 Å². The van der Waals surface area contributed by atoms with Crippen molar-refractivity contribution in [2.24, 2.45) is 0 Å². The van der Waals surface area contributed by atoms with Gasteiger partial charge in [0, 0.05) is 19.2 Å². The molecule has 1 saturated carbocycles. The Kier molecular flexibility index (Phi) is 1.65. The summed E-state index contributed by atoms with van der Waals surface area (Å²) in [7, 11) is 0. The number of rotatable bonds is 2. The lowest BCUT2D eigenvalue weighted by molar-refractivity contribution is 0.0999. The second kappa shape index (κ2) is 2.89. The minimum atomic E-state index is 0.0138. The van der Waals surface area contributed by atoms with Crippen molar-refractivity contribution in [2.45, 2.75) is 25.8 Å². The van der Waals surface area contributed by atoms with E-state index in [1.165, 1.54) is 0 Å². The highest BCUT2D eigenvalue weighted by atomic mass is 16.1.